The van der Waals surface area contributed by atoms with E-state index < -0.39 is 0 Å². The maximum absolute atomic E-state index is 8.92. The van der Waals surface area contributed by atoms with Crippen LogP contribution in [0.5, 0.6) is 0 Å². The second kappa shape index (κ2) is 8.86. The molecule has 1 heterocycles. The van der Waals surface area contributed by atoms with Crippen LogP contribution >= 0.6 is 0 Å². The van der Waals surface area contributed by atoms with Crippen LogP contribution in [0.25, 0.3) is 0 Å². The highest BCUT2D eigenvalue weighted by Gasteiger charge is 2.25. The first-order valence-electron chi connectivity index (χ1n) is 7.06. The van der Waals surface area contributed by atoms with Gasteiger partial charge in [0.2, 0.25) is 0 Å². The monoisotopic (exact) mass is 243 g/mol. The molecular formula is C13H29N3O. The van der Waals surface area contributed by atoms with Gasteiger partial charge in [-0.05, 0) is 38.1 Å². The SMILES string of the molecule is CCCNC1CC(CCCO)CN(CCN)C1. The number of piperidine rings is 1. The van der Waals surface area contributed by atoms with Crippen molar-refractivity contribution in [1.29, 1.82) is 0 Å². The van der Waals surface area contributed by atoms with Crippen molar-refractivity contribution < 1.29 is 5.11 Å². The Morgan fingerprint density at radius 1 is 1.41 bits per heavy atom. The largest absolute Gasteiger partial charge is 0.396 e. The highest BCUT2D eigenvalue weighted by Crippen LogP contribution is 2.21. The van der Waals surface area contributed by atoms with Gasteiger partial charge < -0.3 is 21.1 Å². The Morgan fingerprint density at radius 3 is 2.88 bits per heavy atom. The molecule has 4 heteroatoms. The van der Waals surface area contributed by atoms with E-state index in [4.69, 9.17) is 10.8 Å². The molecule has 0 aromatic heterocycles. The summed E-state index contributed by atoms with van der Waals surface area (Å²) in [7, 11) is 0. The van der Waals surface area contributed by atoms with E-state index in [-0.39, 0.29) is 0 Å². The Bertz CT molecular complexity index is 174. The molecule has 1 saturated heterocycles. The normalized spacial score (nSPS) is 26.3. The smallest absolute Gasteiger partial charge is 0.0431 e. The summed E-state index contributed by atoms with van der Waals surface area (Å²) in [5, 5.41) is 12.5. The minimum atomic E-state index is 0.320. The number of hydrogen-bond donors (Lipinski definition) is 3. The van der Waals surface area contributed by atoms with E-state index in [1.54, 1.807) is 0 Å². The molecule has 17 heavy (non-hydrogen) atoms. The highest BCUT2D eigenvalue weighted by molar-refractivity contribution is 4.83. The van der Waals surface area contributed by atoms with Crippen molar-refractivity contribution in [3.63, 3.8) is 0 Å². The standard InChI is InChI=1S/C13H29N3O/c1-2-6-15-13-9-12(4-3-8-17)10-16(11-13)7-5-14/h12-13,15,17H,2-11,14H2,1H3. The summed E-state index contributed by atoms with van der Waals surface area (Å²) in [4.78, 5) is 2.47. The number of likely N-dealkylation sites (tertiary alicyclic amines) is 1. The van der Waals surface area contributed by atoms with E-state index in [0.717, 1.165) is 51.5 Å². The summed E-state index contributed by atoms with van der Waals surface area (Å²) in [5.41, 5.74) is 5.65. The molecule has 0 saturated carbocycles. The molecular weight excluding hydrogens is 214 g/mol. The molecule has 0 radical (unpaired) electrons. The number of aliphatic hydroxyl groups is 1. The zero-order valence-electron chi connectivity index (χ0n) is 11.2. The number of rotatable bonds is 8. The third kappa shape index (κ3) is 5.82. The summed E-state index contributed by atoms with van der Waals surface area (Å²) in [5.74, 6) is 0.719. The van der Waals surface area contributed by atoms with Gasteiger partial charge in [0.1, 0.15) is 0 Å². The van der Waals surface area contributed by atoms with Crippen LogP contribution in [0.2, 0.25) is 0 Å². The first kappa shape index (κ1) is 14.9. The lowest BCUT2D eigenvalue weighted by Crippen LogP contribution is -2.50. The lowest BCUT2D eigenvalue weighted by Gasteiger charge is -2.38. The van der Waals surface area contributed by atoms with Gasteiger partial charge in [-0.3, -0.25) is 0 Å². The van der Waals surface area contributed by atoms with Crippen LogP contribution in [-0.4, -0.2) is 55.4 Å². The summed E-state index contributed by atoms with van der Waals surface area (Å²) in [6.45, 7) is 7.66. The van der Waals surface area contributed by atoms with Crippen LogP contribution in [0.1, 0.15) is 32.6 Å². The molecule has 2 atom stereocenters. The molecule has 0 amide bonds. The topological polar surface area (TPSA) is 61.5 Å². The zero-order chi connectivity index (χ0) is 12.5. The van der Waals surface area contributed by atoms with Crippen LogP contribution in [0.3, 0.4) is 0 Å². The lowest BCUT2D eigenvalue weighted by molar-refractivity contribution is 0.133. The minimum absolute atomic E-state index is 0.320. The fraction of sp³-hybridized carbons (Fsp3) is 1.00. The zero-order valence-corrected chi connectivity index (χ0v) is 11.2. The highest BCUT2D eigenvalue weighted by atomic mass is 16.2. The lowest BCUT2D eigenvalue weighted by atomic mass is 9.90. The van der Waals surface area contributed by atoms with Gasteiger partial charge in [-0.2, -0.15) is 0 Å². The Balaban J connectivity index is 2.37. The average Bonchev–Trinajstić information content (AvgIpc) is 2.34. The van der Waals surface area contributed by atoms with Crippen molar-refractivity contribution in [3.8, 4) is 0 Å². The number of aliphatic hydroxyl groups excluding tert-OH is 1. The van der Waals surface area contributed by atoms with Gasteiger partial charge in [-0.1, -0.05) is 6.92 Å². The van der Waals surface area contributed by atoms with Crippen molar-refractivity contribution in [3.05, 3.63) is 0 Å². The predicted octanol–water partition coefficient (Wildman–Crippen LogP) is 0.408. The molecule has 0 aromatic rings. The molecule has 2 unspecified atom stereocenters. The van der Waals surface area contributed by atoms with Gasteiger partial charge in [0.25, 0.3) is 0 Å². The van der Waals surface area contributed by atoms with Crippen molar-refractivity contribution in [2.75, 3.05) is 39.3 Å². The molecule has 102 valence electrons. The number of hydrogen-bond acceptors (Lipinski definition) is 4. The maximum atomic E-state index is 8.92. The minimum Gasteiger partial charge on any atom is -0.396 e. The van der Waals surface area contributed by atoms with E-state index in [9.17, 15) is 0 Å². The van der Waals surface area contributed by atoms with Gasteiger partial charge in [0.15, 0.2) is 0 Å². The van der Waals surface area contributed by atoms with Crippen LogP contribution in [-0.2, 0) is 0 Å². The van der Waals surface area contributed by atoms with E-state index >= 15 is 0 Å². The van der Waals surface area contributed by atoms with Crippen molar-refractivity contribution in [2.45, 2.75) is 38.6 Å². The third-order valence-electron chi connectivity index (χ3n) is 3.51. The molecule has 1 aliphatic heterocycles. The molecule has 1 rings (SSSR count). The number of nitrogens with two attached hydrogens (primary N) is 1. The van der Waals surface area contributed by atoms with Gasteiger partial charge in [-0.15, -0.1) is 0 Å². The molecule has 0 aromatic carbocycles. The molecule has 1 aliphatic rings. The van der Waals surface area contributed by atoms with E-state index in [1.165, 1.54) is 12.8 Å². The van der Waals surface area contributed by atoms with Crippen molar-refractivity contribution in [1.82, 2.24) is 10.2 Å². The Labute approximate surface area is 106 Å². The van der Waals surface area contributed by atoms with Crippen LogP contribution in [0.4, 0.5) is 0 Å². The summed E-state index contributed by atoms with van der Waals surface area (Å²) < 4.78 is 0. The second-order valence-corrected chi connectivity index (χ2v) is 5.17. The molecule has 1 fully saturated rings. The van der Waals surface area contributed by atoms with Gasteiger partial charge >= 0.3 is 0 Å². The van der Waals surface area contributed by atoms with Gasteiger partial charge in [-0.25, -0.2) is 0 Å². The second-order valence-electron chi connectivity index (χ2n) is 5.17. The Hall–Kier alpha value is -0.160. The maximum Gasteiger partial charge on any atom is 0.0431 e. The first-order chi connectivity index (χ1) is 8.30. The van der Waals surface area contributed by atoms with Crippen molar-refractivity contribution >= 4 is 0 Å². The Morgan fingerprint density at radius 2 is 2.24 bits per heavy atom. The Kier molecular flexibility index (Phi) is 7.77. The fourth-order valence-electron chi connectivity index (χ4n) is 2.75. The van der Waals surface area contributed by atoms with Crippen LogP contribution in [0, 0.1) is 5.92 Å². The van der Waals surface area contributed by atoms with E-state index in [2.05, 4.69) is 17.1 Å². The first-order valence-corrected chi connectivity index (χ1v) is 7.06. The average molecular weight is 243 g/mol. The summed E-state index contributed by atoms with van der Waals surface area (Å²) >= 11 is 0. The summed E-state index contributed by atoms with van der Waals surface area (Å²) in [6, 6.07) is 0.610. The van der Waals surface area contributed by atoms with Crippen molar-refractivity contribution in [2.24, 2.45) is 11.7 Å². The molecule has 0 bridgehead atoms. The summed E-state index contributed by atoms with van der Waals surface area (Å²) in [6.07, 6.45) is 4.51. The number of nitrogens with one attached hydrogen (secondary N) is 1. The molecule has 0 aliphatic carbocycles. The molecule has 4 N–H and O–H groups in total. The fourth-order valence-corrected chi connectivity index (χ4v) is 2.75. The van der Waals surface area contributed by atoms with E-state index in [0.29, 0.717) is 12.6 Å². The number of nitrogens with zero attached hydrogens (tertiary/aromatic N) is 1. The predicted molar refractivity (Wildman–Crippen MR) is 72.0 cm³/mol. The molecule has 4 nitrogen and oxygen atoms in total. The van der Waals surface area contributed by atoms with Gasteiger partial charge in [0, 0.05) is 38.8 Å². The van der Waals surface area contributed by atoms with Gasteiger partial charge in [0.05, 0.1) is 0 Å². The van der Waals surface area contributed by atoms with E-state index in [1.807, 2.05) is 0 Å². The van der Waals surface area contributed by atoms with Crippen LogP contribution < -0.4 is 11.1 Å². The van der Waals surface area contributed by atoms with Crippen LogP contribution in [0.15, 0.2) is 0 Å². The molecule has 0 spiro atoms. The third-order valence-corrected chi connectivity index (χ3v) is 3.51. The quantitative estimate of drug-likeness (QED) is 0.578.